The predicted molar refractivity (Wildman–Crippen MR) is 70.5 cm³/mol. The van der Waals surface area contributed by atoms with E-state index in [0.717, 1.165) is 0 Å². The molecule has 0 aliphatic carbocycles. The van der Waals surface area contributed by atoms with Crippen LogP contribution in [0.2, 0.25) is 0 Å². The minimum absolute atomic E-state index is 0.127. The highest BCUT2D eigenvalue weighted by molar-refractivity contribution is 5.82. The van der Waals surface area contributed by atoms with Crippen molar-refractivity contribution in [2.75, 3.05) is 0 Å². The van der Waals surface area contributed by atoms with Crippen molar-refractivity contribution in [1.82, 2.24) is 15.6 Å². The maximum absolute atomic E-state index is 11.6. The molecule has 0 spiro atoms. The van der Waals surface area contributed by atoms with Crippen LogP contribution in [0.3, 0.4) is 0 Å². The summed E-state index contributed by atoms with van der Waals surface area (Å²) in [5.41, 5.74) is 0.716. The maximum atomic E-state index is 11.6. The molecule has 0 saturated carbocycles. The van der Waals surface area contributed by atoms with Gasteiger partial charge in [0.25, 0.3) is 0 Å². The lowest BCUT2D eigenvalue weighted by atomic mass is 9.99. The van der Waals surface area contributed by atoms with Crippen molar-refractivity contribution in [3.8, 4) is 0 Å². The molecule has 2 atom stereocenters. The number of pyridine rings is 1. The molecule has 1 aromatic rings. The van der Waals surface area contributed by atoms with Gasteiger partial charge >= 0.3 is 12.0 Å². The van der Waals surface area contributed by atoms with Crippen LogP contribution < -0.4 is 10.6 Å². The van der Waals surface area contributed by atoms with Crippen LogP contribution in [-0.2, 0) is 11.3 Å². The molecule has 0 radical (unpaired) electrons. The highest BCUT2D eigenvalue weighted by Crippen LogP contribution is 2.07. The summed E-state index contributed by atoms with van der Waals surface area (Å²) in [6.45, 7) is 3.94. The summed E-state index contributed by atoms with van der Waals surface area (Å²) < 4.78 is 0. The van der Waals surface area contributed by atoms with E-state index in [-0.39, 0.29) is 12.5 Å². The van der Waals surface area contributed by atoms with Gasteiger partial charge in [-0.25, -0.2) is 9.59 Å². The van der Waals surface area contributed by atoms with Crippen LogP contribution in [0, 0.1) is 5.92 Å². The molecule has 0 aliphatic rings. The van der Waals surface area contributed by atoms with Crippen molar-refractivity contribution in [2.24, 2.45) is 5.92 Å². The van der Waals surface area contributed by atoms with Gasteiger partial charge in [0.05, 0.1) is 12.2 Å². The van der Waals surface area contributed by atoms with Crippen LogP contribution in [0.5, 0.6) is 0 Å². The molecule has 1 rings (SSSR count). The van der Waals surface area contributed by atoms with Gasteiger partial charge in [0.15, 0.2) is 0 Å². The Balaban J connectivity index is 2.47. The number of aliphatic carboxylic acids is 1. The van der Waals surface area contributed by atoms with Crippen LogP contribution in [0.4, 0.5) is 4.79 Å². The quantitative estimate of drug-likeness (QED) is 0.724. The first-order valence-corrected chi connectivity index (χ1v) is 6.21. The van der Waals surface area contributed by atoms with E-state index in [4.69, 9.17) is 5.11 Å². The van der Waals surface area contributed by atoms with Gasteiger partial charge in [-0.15, -0.1) is 0 Å². The molecule has 6 nitrogen and oxygen atoms in total. The number of nitrogens with zero attached hydrogens (tertiary/aromatic N) is 1. The van der Waals surface area contributed by atoms with Crippen molar-refractivity contribution < 1.29 is 14.7 Å². The number of amides is 2. The van der Waals surface area contributed by atoms with Gasteiger partial charge in [-0.1, -0.05) is 26.3 Å². The Kier molecular flexibility index (Phi) is 5.78. The zero-order chi connectivity index (χ0) is 14.3. The number of nitrogens with one attached hydrogen (secondary N) is 2. The third-order valence-electron chi connectivity index (χ3n) is 2.92. The number of carboxylic acid groups (broad SMARTS) is 1. The molecule has 1 heterocycles. The summed E-state index contributed by atoms with van der Waals surface area (Å²) in [4.78, 5) is 26.8. The Morgan fingerprint density at radius 3 is 2.68 bits per heavy atom. The first-order valence-electron chi connectivity index (χ1n) is 6.21. The van der Waals surface area contributed by atoms with Crippen molar-refractivity contribution in [3.05, 3.63) is 30.1 Å². The molecule has 0 unspecified atom stereocenters. The van der Waals surface area contributed by atoms with Crippen LogP contribution in [0.15, 0.2) is 24.4 Å². The molecular formula is C13H19N3O3. The summed E-state index contributed by atoms with van der Waals surface area (Å²) in [6.07, 6.45) is 2.31. The van der Waals surface area contributed by atoms with Crippen molar-refractivity contribution in [1.29, 1.82) is 0 Å². The third kappa shape index (κ3) is 4.95. The third-order valence-corrected chi connectivity index (χ3v) is 2.92. The van der Waals surface area contributed by atoms with Crippen LogP contribution in [0.1, 0.15) is 26.0 Å². The average molecular weight is 265 g/mol. The number of hydrogen-bond acceptors (Lipinski definition) is 3. The first kappa shape index (κ1) is 14.9. The summed E-state index contributed by atoms with van der Waals surface area (Å²) >= 11 is 0. The number of urea groups is 1. The molecule has 19 heavy (non-hydrogen) atoms. The zero-order valence-corrected chi connectivity index (χ0v) is 11.1. The fourth-order valence-corrected chi connectivity index (χ4v) is 1.55. The van der Waals surface area contributed by atoms with Gasteiger partial charge in [0, 0.05) is 6.20 Å². The van der Waals surface area contributed by atoms with Crippen LogP contribution in [0.25, 0.3) is 0 Å². The molecule has 0 saturated heterocycles. The number of carboxylic acids is 1. The number of carbonyl (C=O) groups is 2. The van der Waals surface area contributed by atoms with Gasteiger partial charge in [0.2, 0.25) is 0 Å². The monoisotopic (exact) mass is 265 g/mol. The topological polar surface area (TPSA) is 91.3 Å². The van der Waals surface area contributed by atoms with Crippen LogP contribution >= 0.6 is 0 Å². The van der Waals surface area contributed by atoms with E-state index >= 15 is 0 Å². The van der Waals surface area contributed by atoms with Gasteiger partial charge < -0.3 is 15.7 Å². The fourth-order valence-electron chi connectivity index (χ4n) is 1.55. The summed E-state index contributed by atoms with van der Waals surface area (Å²) in [5, 5.41) is 14.1. The molecule has 0 fully saturated rings. The molecule has 0 aliphatic heterocycles. The number of aromatic nitrogens is 1. The van der Waals surface area contributed by atoms with E-state index in [1.807, 2.05) is 13.0 Å². The highest BCUT2D eigenvalue weighted by Gasteiger charge is 2.25. The lowest BCUT2D eigenvalue weighted by Crippen LogP contribution is -2.48. The Hall–Kier alpha value is -2.11. The van der Waals surface area contributed by atoms with Gasteiger partial charge in [0.1, 0.15) is 6.04 Å². The Bertz CT molecular complexity index is 422. The largest absolute Gasteiger partial charge is 0.480 e. The van der Waals surface area contributed by atoms with E-state index in [9.17, 15) is 9.59 Å². The molecule has 6 heteroatoms. The number of carbonyl (C=O) groups excluding carboxylic acids is 1. The second kappa shape index (κ2) is 7.35. The van der Waals surface area contributed by atoms with Crippen molar-refractivity contribution in [3.63, 3.8) is 0 Å². The second-order valence-corrected chi connectivity index (χ2v) is 4.35. The lowest BCUT2D eigenvalue weighted by Gasteiger charge is -2.20. The minimum atomic E-state index is -1.03. The van der Waals surface area contributed by atoms with Crippen LogP contribution in [-0.4, -0.2) is 28.1 Å². The Morgan fingerprint density at radius 1 is 1.42 bits per heavy atom. The van der Waals surface area contributed by atoms with Crippen molar-refractivity contribution >= 4 is 12.0 Å². The molecular weight excluding hydrogens is 246 g/mol. The molecule has 0 bridgehead atoms. The van der Waals surface area contributed by atoms with E-state index in [0.29, 0.717) is 12.1 Å². The lowest BCUT2D eigenvalue weighted by molar-refractivity contribution is -0.140. The standard InChI is InChI=1S/C13H19N3O3/c1-3-9(2)11(12(17)18)16-13(19)15-8-10-6-4-5-7-14-10/h4-7,9,11H,3,8H2,1-2H3,(H,17,18)(H2,15,16,19)/t9-,11-/m0/s1. The summed E-state index contributed by atoms with van der Waals surface area (Å²) in [5.74, 6) is -1.15. The normalized spacial score (nSPS) is 13.4. The Labute approximate surface area is 112 Å². The van der Waals surface area contributed by atoms with Gasteiger partial charge in [-0.3, -0.25) is 4.98 Å². The number of hydrogen-bond donors (Lipinski definition) is 3. The van der Waals surface area contributed by atoms with E-state index in [2.05, 4.69) is 15.6 Å². The summed E-state index contributed by atoms with van der Waals surface area (Å²) in [7, 11) is 0. The van der Waals surface area contributed by atoms with E-state index < -0.39 is 18.0 Å². The van der Waals surface area contributed by atoms with Gasteiger partial charge in [-0.05, 0) is 18.1 Å². The Morgan fingerprint density at radius 2 is 2.16 bits per heavy atom. The molecule has 0 aromatic carbocycles. The number of rotatable bonds is 6. The average Bonchev–Trinajstić information content (AvgIpc) is 2.42. The SMILES string of the molecule is CC[C@H](C)[C@H](NC(=O)NCc1ccccn1)C(=O)O. The van der Waals surface area contributed by atoms with E-state index in [1.165, 1.54) is 0 Å². The minimum Gasteiger partial charge on any atom is -0.480 e. The fraction of sp³-hybridized carbons (Fsp3) is 0.462. The maximum Gasteiger partial charge on any atom is 0.326 e. The smallest absolute Gasteiger partial charge is 0.326 e. The molecule has 104 valence electrons. The predicted octanol–water partition coefficient (Wildman–Crippen LogP) is 1.38. The molecule has 3 N–H and O–H groups in total. The van der Waals surface area contributed by atoms with E-state index in [1.54, 1.807) is 25.3 Å². The van der Waals surface area contributed by atoms with Gasteiger partial charge in [-0.2, -0.15) is 0 Å². The zero-order valence-electron chi connectivity index (χ0n) is 11.1. The summed E-state index contributed by atoms with van der Waals surface area (Å²) in [6, 6.07) is 4.00. The highest BCUT2D eigenvalue weighted by atomic mass is 16.4. The second-order valence-electron chi connectivity index (χ2n) is 4.35. The molecule has 2 amide bonds. The molecule has 1 aromatic heterocycles. The first-order chi connectivity index (χ1) is 9.04. The van der Waals surface area contributed by atoms with Crippen molar-refractivity contribution in [2.45, 2.75) is 32.9 Å².